The molecule has 1 aliphatic heterocycles. The number of amides is 2. The number of carbonyl (C=O) groups is 1. The lowest BCUT2D eigenvalue weighted by atomic mass is 9.89. The minimum Gasteiger partial charge on any atom is -0.317 e. The van der Waals surface area contributed by atoms with Crippen molar-refractivity contribution < 1.29 is 4.79 Å². The molecule has 2 heterocycles. The van der Waals surface area contributed by atoms with Crippen molar-refractivity contribution in [3.05, 3.63) is 23.9 Å². The van der Waals surface area contributed by atoms with Crippen molar-refractivity contribution in [2.24, 2.45) is 0 Å². The van der Waals surface area contributed by atoms with Gasteiger partial charge in [-0.3, -0.25) is 4.90 Å². The molecule has 110 valence electrons. The Labute approximate surface area is 126 Å². The van der Waals surface area contributed by atoms with Gasteiger partial charge >= 0.3 is 6.03 Å². The van der Waals surface area contributed by atoms with Crippen LogP contribution in [-0.2, 0) is 0 Å². The first-order valence-corrected chi connectivity index (χ1v) is 7.68. The second kappa shape index (κ2) is 5.40. The Bertz CT molecular complexity index is 590. The first-order chi connectivity index (χ1) is 10.1. The van der Waals surface area contributed by atoms with Gasteiger partial charge < -0.3 is 4.90 Å². The molecule has 0 spiro atoms. The SMILES string of the molecule is C#Cc1cccnc1N1C(=O)N(C(C)C)C2CCCCC21. The Balaban J connectivity index is 2.05. The highest BCUT2D eigenvalue weighted by Crippen LogP contribution is 2.38. The Morgan fingerprint density at radius 1 is 1.33 bits per heavy atom. The fourth-order valence-corrected chi connectivity index (χ4v) is 3.68. The smallest absolute Gasteiger partial charge is 0.317 e. The van der Waals surface area contributed by atoms with Crippen LogP contribution in [0, 0.1) is 12.3 Å². The van der Waals surface area contributed by atoms with Crippen molar-refractivity contribution in [3.63, 3.8) is 0 Å². The molecule has 0 N–H and O–H groups in total. The van der Waals surface area contributed by atoms with Gasteiger partial charge in [0.25, 0.3) is 0 Å². The fourth-order valence-electron chi connectivity index (χ4n) is 3.68. The van der Waals surface area contributed by atoms with Gasteiger partial charge in [0.05, 0.1) is 17.6 Å². The maximum absolute atomic E-state index is 12.9. The first kappa shape index (κ1) is 13.9. The van der Waals surface area contributed by atoms with Crippen molar-refractivity contribution in [2.45, 2.75) is 57.7 Å². The Kier molecular flexibility index (Phi) is 3.59. The maximum atomic E-state index is 12.9. The van der Waals surface area contributed by atoms with Gasteiger partial charge in [0.15, 0.2) is 5.82 Å². The zero-order valence-corrected chi connectivity index (χ0v) is 12.6. The van der Waals surface area contributed by atoms with Crippen molar-refractivity contribution >= 4 is 11.8 Å². The van der Waals surface area contributed by atoms with Crippen molar-refractivity contribution in [2.75, 3.05) is 4.90 Å². The van der Waals surface area contributed by atoms with E-state index >= 15 is 0 Å². The number of pyridine rings is 1. The number of hydrogen-bond acceptors (Lipinski definition) is 2. The molecule has 2 aliphatic rings. The summed E-state index contributed by atoms with van der Waals surface area (Å²) in [6, 6.07) is 4.42. The fraction of sp³-hybridized carbons (Fsp3) is 0.529. The van der Waals surface area contributed by atoms with E-state index in [-0.39, 0.29) is 18.1 Å². The van der Waals surface area contributed by atoms with Gasteiger partial charge in [0.2, 0.25) is 0 Å². The molecule has 21 heavy (non-hydrogen) atoms. The van der Waals surface area contributed by atoms with Gasteiger partial charge in [-0.1, -0.05) is 18.8 Å². The van der Waals surface area contributed by atoms with Crippen molar-refractivity contribution in [1.29, 1.82) is 0 Å². The molecule has 4 heteroatoms. The quantitative estimate of drug-likeness (QED) is 0.782. The van der Waals surface area contributed by atoms with Gasteiger partial charge in [-0.05, 0) is 38.8 Å². The van der Waals surface area contributed by atoms with Gasteiger partial charge in [-0.25, -0.2) is 9.78 Å². The summed E-state index contributed by atoms with van der Waals surface area (Å²) in [4.78, 5) is 21.2. The summed E-state index contributed by atoms with van der Waals surface area (Å²) in [6.07, 6.45) is 11.7. The topological polar surface area (TPSA) is 36.4 Å². The maximum Gasteiger partial charge on any atom is 0.326 e. The molecule has 3 rings (SSSR count). The number of terminal acetylenes is 1. The lowest BCUT2D eigenvalue weighted by Crippen LogP contribution is -2.42. The lowest BCUT2D eigenvalue weighted by molar-refractivity contribution is 0.169. The molecule has 0 bridgehead atoms. The van der Waals surface area contributed by atoms with Crippen molar-refractivity contribution in [1.82, 2.24) is 9.88 Å². The Hall–Kier alpha value is -2.02. The van der Waals surface area contributed by atoms with E-state index in [1.807, 2.05) is 21.9 Å². The molecule has 1 aromatic heterocycles. The number of aromatic nitrogens is 1. The molecule has 2 unspecified atom stereocenters. The van der Waals surface area contributed by atoms with E-state index in [1.165, 1.54) is 6.42 Å². The number of fused-ring (bicyclic) bond motifs is 1. The predicted octanol–water partition coefficient (Wildman–Crippen LogP) is 3.02. The third-order valence-corrected chi connectivity index (χ3v) is 4.54. The van der Waals surface area contributed by atoms with Crippen LogP contribution < -0.4 is 4.90 Å². The van der Waals surface area contributed by atoms with E-state index in [0.29, 0.717) is 17.4 Å². The van der Waals surface area contributed by atoms with Gasteiger partial charge in [-0.15, -0.1) is 6.42 Å². The highest BCUT2D eigenvalue weighted by atomic mass is 16.2. The van der Waals surface area contributed by atoms with Crippen LogP contribution in [-0.4, -0.2) is 34.0 Å². The molecule has 2 atom stereocenters. The van der Waals surface area contributed by atoms with Crippen LogP contribution >= 0.6 is 0 Å². The zero-order valence-electron chi connectivity index (χ0n) is 12.6. The number of anilines is 1. The van der Waals surface area contributed by atoms with E-state index in [1.54, 1.807) is 6.20 Å². The monoisotopic (exact) mass is 283 g/mol. The molecule has 0 radical (unpaired) electrons. The highest BCUT2D eigenvalue weighted by molar-refractivity contribution is 5.96. The average molecular weight is 283 g/mol. The first-order valence-electron chi connectivity index (χ1n) is 7.68. The van der Waals surface area contributed by atoms with Crippen LogP contribution in [0.2, 0.25) is 0 Å². The van der Waals surface area contributed by atoms with E-state index in [9.17, 15) is 4.79 Å². The summed E-state index contributed by atoms with van der Waals surface area (Å²) in [6.45, 7) is 4.15. The molecule has 0 aromatic carbocycles. The summed E-state index contributed by atoms with van der Waals surface area (Å²) >= 11 is 0. The largest absolute Gasteiger partial charge is 0.326 e. The van der Waals surface area contributed by atoms with Crippen LogP contribution in [0.25, 0.3) is 0 Å². The van der Waals surface area contributed by atoms with E-state index < -0.39 is 0 Å². The number of carbonyl (C=O) groups excluding carboxylic acids is 1. The second-order valence-corrected chi connectivity index (χ2v) is 6.09. The standard InChI is InChI=1S/C17H21N3O/c1-4-13-8-7-11-18-16(13)20-15-10-6-5-9-14(15)19(12(2)3)17(20)21/h1,7-8,11-12,14-15H,5-6,9-10H2,2-3H3. The Morgan fingerprint density at radius 2 is 2.05 bits per heavy atom. The summed E-state index contributed by atoms with van der Waals surface area (Å²) in [5.41, 5.74) is 0.695. The third-order valence-electron chi connectivity index (χ3n) is 4.54. The van der Waals surface area contributed by atoms with E-state index in [0.717, 1.165) is 19.3 Å². The summed E-state index contributed by atoms with van der Waals surface area (Å²) in [5.74, 6) is 3.30. The summed E-state index contributed by atoms with van der Waals surface area (Å²) in [7, 11) is 0. The number of nitrogens with zero attached hydrogens (tertiary/aromatic N) is 3. The van der Waals surface area contributed by atoms with Crippen LogP contribution in [0.15, 0.2) is 18.3 Å². The van der Waals surface area contributed by atoms with Crippen LogP contribution in [0.5, 0.6) is 0 Å². The van der Waals surface area contributed by atoms with Crippen LogP contribution in [0.4, 0.5) is 10.6 Å². The second-order valence-electron chi connectivity index (χ2n) is 6.09. The molecule has 2 fully saturated rings. The molecular formula is C17H21N3O. The Morgan fingerprint density at radius 3 is 2.71 bits per heavy atom. The van der Waals surface area contributed by atoms with Crippen LogP contribution in [0.3, 0.4) is 0 Å². The van der Waals surface area contributed by atoms with Crippen molar-refractivity contribution in [3.8, 4) is 12.3 Å². The van der Waals surface area contributed by atoms with E-state index in [2.05, 4.69) is 24.8 Å². The molecule has 2 amide bonds. The molecule has 1 saturated carbocycles. The summed E-state index contributed by atoms with van der Waals surface area (Å²) in [5, 5.41) is 0. The van der Waals surface area contributed by atoms with Gasteiger partial charge in [0, 0.05) is 12.2 Å². The summed E-state index contributed by atoms with van der Waals surface area (Å²) < 4.78 is 0. The molecular weight excluding hydrogens is 262 g/mol. The number of rotatable bonds is 2. The van der Waals surface area contributed by atoms with Gasteiger partial charge in [-0.2, -0.15) is 0 Å². The van der Waals surface area contributed by atoms with E-state index in [4.69, 9.17) is 6.42 Å². The molecule has 4 nitrogen and oxygen atoms in total. The normalized spacial score (nSPS) is 25.1. The number of hydrogen-bond donors (Lipinski definition) is 0. The molecule has 1 aromatic rings. The lowest BCUT2D eigenvalue weighted by Gasteiger charge is -2.33. The average Bonchev–Trinajstić information content (AvgIpc) is 2.79. The molecule has 1 aliphatic carbocycles. The highest BCUT2D eigenvalue weighted by Gasteiger charge is 2.48. The number of urea groups is 1. The zero-order chi connectivity index (χ0) is 15.0. The van der Waals surface area contributed by atoms with Gasteiger partial charge in [0.1, 0.15) is 0 Å². The minimum atomic E-state index is 0.0529. The predicted molar refractivity (Wildman–Crippen MR) is 83.1 cm³/mol. The third kappa shape index (κ3) is 2.17. The van der Waals surface area contributed by atoms with Crippen LogP contribution in [0.1, 0.15) is 45.1 Å². The minimum absolute atomic E-state index is 0.0529. The molecule has 1 saturated heterocycles.